The first-order valence-electron chi connectivity index (χ1n) is 5.85. The zero-order chi connectivity index (χ0) is 12.4. The summed E-state index contributed by atoms with van der Waals surface area (Å²) in [6.07, 6.45) is 2.54. The Morgan fingerprint density at radius 3 is 3.06 bits per heavy atom. The van der Waals surface area contributed by atoms with E-state index in [1.807, 2.05) is 4.90 Å². The molecule has 2 N–H and O–H groups in total. The van der Waals surface area contributed by atoms with E-state index < -0.39 is 0 Å². The summed E-state index contributed by atoms with van der Waals surface area (Å²) < 4.78 is 5.60. The number of halogens is 1. The van der Waals surface area contributed by atoms with Crippen LogP contribution in [-0.4, -0.2) is 30.4 Å². The summed E-state index contributed by atoms with van der Waals surface area (Å²) in [5.41, 5.74) is 6.33. The predicted octanol–water partition coefficient (Wildman–Crippen LogP) is 2.10. The zero-order valence-corrected chi connectivity index (χ0v) is 11.4. The highest BCUT2D eigenvalue weighted by atomic mass is 79.9. The van der Waals surface area contributed by atoms with E-state index >= 15 is 0 Å². The molecular weight excluding hydrogens is 284 g/mol. The predicted molar refractivity (Wildman–Crippen MR) is 68.6 cm³/mol. The molecule has 4 nitrogen and oxygen atoms in total. The SMILES string of the molecule is CC1CCN(C(=O)c2ccoc2Br)CC1CN. The van der Waals surface area contributed by atoms with Crippen molar-refractivity contribution in [2.24, 2.45) is 17.6 Å². The summed E-state index contributed by atoms with van der Waals surface area (Å²) >= 11 is 3.24. The molecule has 94 valence electrons. The topological polar surface area (TPSA) is 59.5 Å². The first-order valence-corrected chi connectivity index (χ1v) is 6.65. The molecule has 1 saturated heterocycles. The molecule has 0 aromatic carbocycles. The van der Waals surface area contributed by atoms with Crippen molar-refractivity contribution in [2.75, 3.05) is 19.6 Å². The molecule has 2 unspecified atom stereocenters. The lowest BCUT2D eigenvalue weighted by Crippen LogP contribution is -2.45. The Balaban J connectivity index is 2.09. The summed E-state index contributed by atoms with van der Waals surface area (Å²) in [7, 11) is 0. The number of rotatable bonds is 2. The van der Waals surface area contributed by atoms with Crippen molar-refractivity contribution < 1.29 is 9.21 Å². The lowest BCUT2D eigenvalue weighted by Gasteiger charge is -2.36. The van der Waals surface area contributed by atoms with Crippen molar-refractivity contribution in [1.82, 2.24) is 4.90 Å². The number of amides is 1. The molecule has 1 amide bonds. The van der Waals surface area contributed by atoms with Gasteiger partial charge in [0.15, 0.2) is 4.67 Å². The summed E-state index contributed by atoms with van der Waals surface area (Å²) in [5.74, 6) is 1.02. The van der Waals surface area contributed by atoms with Gasteiger partial charge in [0.2, 0.25) is 0 Å². The van der Waals surface area contributed by atoms with Crippen molar-refractivity contribution in [1.29, 1.82) is 0 Å². The number of carbonyl (C=O) groups is 1. The van der Waals surface area contributed by atoms with Crippen LogP contribution in [0.4, 0.5) is 0 Å². The standard InChI is InChI=1S/C12H17BrN2O2/c1-8-2-4-15(7-9(8)6-14)12(16)10-3-5-17-11(10)13/h3,5,8-9H,2,4,6-7,14H2,1H3. The highest BCUT2D eigenvalue weighted by Crippen LogP contribution is 2.26. The second kappa shape index (κ2) is 5.23. The van der Waals surface area contributed by atoms with Gasteiger partial charge in [-0.2, -0.15) is 0 Å². The Morgan fingerprint density at radius 2 is 2.47 bits per heavy atom. The van der Waals surface area contributed by atoms with Crippen LogP contribution in [-0.2, 0) is 0 Å². The van der Waals surface area contributed by atoms with Crippen molar-refractivity contribution in [3.8, 4) is 0 Å². The van der Waals surface area contributed by atoms with E-state index in [-0.39, 0.29) is 5.91 Å². The molecule has 1 aromatic heterocycles. The Kier molecular flexibility index (Phi) is 3.89. The molecule has 0 bridgehead atoms. The van der Waals surface area contributed by atoms with E-state index in [4.69, 9.17) is 10.2 Å². The third-order valence-electron chi connectivity index (χ3n) is 3.55. The van der Waals surface area contributed by atoms with Gasteiger partial charge >= 0.3 is 0 Å². The van der Waals surface area contributed by atoms with E-state index in [0.29, 0.717) is 28.6 Å². The van der Waals surface area contributed by atoms with Crippen molar-refractivity contribution >= 4 is 21.8 Å². The number of carbonyl (C=O) groups excluding carboxylic acids is 1. The highest BCUT2D eigenvalue weighted by molar-refractivity contribution is 9.10. The smallest absolute Gasteiger partial charge is 0.258 e. The number of furan rings is 1. The molecule has 0 spiro atoms. The molecule has 17 heavy (non-hydrogen) atoms. The average molecular weight is 301 g/mol. The Bertz CT molecular complexity index is 405. The van der Waals surface area contributed by atoms with Crippen molar-refractivity contribution in [3.05, 3.63) is 22.6 Å². The van der Waals surface area contributed by atoms with E-state index in [1.165, 1.54) is 6.26 Å². The second-order valence-electron chi connectivity index (χ2n) is 4.62. The van der Waals surface area contributed by atoms with Crippen molar-refractivity contribution in [2.45, 2.75) is 13.3 Å². The van der Waals surface area contributed by atoms with E-state index in [9.17, 15) is 4.79 Å². The van der Waals surface area contributed by atoms with E-state index in [0.717, 1.165) is 19.5 Å². The molecule has 1 aromatic rings. The fraction of sp³-hybridized carbons (Fsp3) is 0.583. The van der Waals surface area contributed by atoms with Crippen LogP contribution in [0.15, 0.2) is 21.4 Å². The average Bonchev–Trinajstić information content (AvgIpc) is 2.75. The van der Waals surface area contributed by atoms with E-state index in [2.05, 4.69) is 22.9 Å². The van der Waals surface area contributed by atoms with Gasteiger partial charge in [0.25, 0.3) is 5.91 Å². The zero-order valence-electron chi connectivity index (χ0n) is 9.86. The van der Waals surface area contributed by atoms with Gasteiger partial charge in [0, 0.05) is 13.1 Å². The van der Waals surface area contributed by atoms with Crippen LogP contribution in [0.2, 0.25) is 0 Å². The molecule has 1 aliphatic heterocycles. The summed E-state index contributed by atoms with van der Waals surface area (Å²) in [4.78, 5) is 14.1. The van der Waals surface area contributed by atoms with Crippen LogP contribution < -0.4 is 5.73 Å². The third-order valence-corrected chi connectivity index (χ3v) is 4.17. The number of likely N-dealkylation sites (tertiary alicyclic amines) is 1. The number of piperidine rings is 1. The minimum Gasteiger partial charge on any atom is -0.457 e. The molecule has 5 heteroatoms. The van der Waals surface area contributed by atoms with Crippen LogP contribution in [0, 0.1) is 11.8 Å². The van der Waals surface area contributed by atoms with Gasteiger partial charge in [-0.25, -0.2) is 0 Å². The monoisotopic (exact) mass is 300 g/mol. The maximum absolute atomic E-state index is 12.2. The summed E-state index contributed by atoms with van der Waals surface area (Å²) in [5, 5.41) is 0. The fourth-order valence-electron chi connectivity index (χ4n) is 2.26. The largest absolute Gasteiger partial charge is 0.457 e. The van der Waals surface area contributed by atoms with Gasteiger partial charge in [-0.3, -0.25) is 4.79 Å². The molecule has 2 heterocycles. The third kappa shape index (κ3) is 2.55. The van der Waals surface area contributed by atoms with Gasteiger partial charge < -0.3 is 15.1 Å². The lowest BCUT2D eigenvalue weighted by atomic mass is 9.87. The van der Waals surface area contributed by atoms with Crippen molar-refractivity contribution in [3.63, 3.8) is 0 Å². The van der Waals surface area contributed by atoms with Crippen LogP contribution in [0.3, 0.4) is 0 Å². The first-order chi connectivity index (χ1) is 8.13. The summed E-state index contributed by atoms with van der Waals surface area (Å²) in [6, 6.07) is 1.70. The highest BCUT2D eigenvalue weighted by Gasteiger charge is 2.29. The Morgan fingerprint density at radius 1 is 1.71 bits per heavy atom. The second-order valence-corrected chi connectivity index (χ2v) is 5.34. The number of nitrogens with two attached hydrogens (primary N) is 1. The quantitative estimate of drug-likeness (QED) is 0.910. The Labute approximate surface area is 109 Å². The molecular formula is C12H17BrN2O2. The molecule has 0 radical (unpaired) electrons. The van der Waals surface area contributed by atoms with Crippen LogP contribution in [0.1, 0.15) is 23.7 Å². The Hall–Kier alpha value is -0.810. The minimum atomic E-state index is 0.0241. The van der Waals surface area contributed by atoms with Gasteiger partial charge in [-0.05, 0) is 46.8 Å². The van der Waals surface area contributed by atoms with Gasteiger partial charge in [-0.15, -0.1) is 0 Å². The number of hydrogen-bond donors (Lipinski definition) is 1. The number of hydrogen-bond acceptors (Lipinski definition) is 3. The molecule has 0 aliphatic carbocycles. The number of nitrogens with zero attached hydrogens (tertiary/aromatic N) is 1. The molecule has 1 aliphatic rings. The van der Waals surface area contributed by atoms with E-state index in [1.54, 1.807) is 6.07 Å². The molecule has 0 saturated carbocycles. The maximum Gasteiger partial charge on any atom is 0.258 e. The van der Waals surface area contributed by atoms with Crippen LogP contribution >= 0.6 is 15.9 Å². The summed E-state index contributed by atoms with van der Waals surface area (Å²) in [6.45, 7) is 4.38. The maximum atomic E-state index is 12.2. The van der Waals surface area contributed by atoms with Crippen LogP contribution in [0.25, 0.3) is 0 Å². The van der Waals surface area contributed by atoms with Gasteiger partial charge in [0.1, 0.15) is 0 Å². The van der Waals surface area contributed by atoms with Crippen LogP contribution in [0.5, 0.6) is 0 Å². The molecule has 2 atom stereocenters. The van der Waals surface area contributed by atoms with Gasteiger partial charge in [-0.1, -0.05) is 6.92 Å². The minimum absolute atomic E-state index is 0.0241. The molecule has 1 fully saturated rings. The first kappa shape index (κ1) is 12.6. The molecule has 2 rings (SSSR count). The normalized spacial score (nSPS) is 25.0. The fourth-order valence-corrected chi connectivity index (χ4v) is 2.67. The van der Waals surface area contributed by atoms with Gasteiger partial charge in [0.05, 0.1) is 11.8 Å². The lowest BCUT2D eigenvalue weighted by molar-refractivity contribution is 0.0616.